The monoisotopic (exact) mass is 189 g/mol. The second kappa shape index (κ2) is 3.58. The van der Waals surface area contributed by atoms with Gasteiger partial charge < -0.3 is 9.52 Å². The van der Waals surface area contributed by atoms with Crippen molar-refractivity contribution in [2.75, 3.05) is 0 Å². The summed E-state index contributed by atoms with van der Waals surface area (Å²) in [5.74, 6) is -1.05. The summed E-state index contributed by atoms with van der Waals surface area (Å²) in [5.41, 5.74) is 0. The number of hydrogen-bond donors (Lipinski definition) is 1. The van der Waals surface area contributed by atoms with Crippen molar-refractivity contribution in [1.82, 2.24) is 4.98 Å². The number of oxazole rings is 1. The summed E-state index contributed by atoms with van der Waals surface area (Å²) in [5, 5.41) is 8.13. The third-order valence-electron chi connectivity index (χ3n) is 1.36. The van der Waals surface area contributed by atoms with E-state index in [0.29, 0.717) is 6.42 Å². The summed E-state index contributed by atoms with van der Waals surface area (Å²) in [6, 6.07) is 0. The summed E-state index contributed by atoms with van der Waals surface area (Å²) < 4.78 is 4.86. The summed E-state index contributed by atoms with van der Waals surface area (Å²) in [4.78, 5) is 14.1. The zero-order valence-corrected chi connectivity index (χ0v) is 7.21. The molecule has 12 heavy (non-hydrogen) atoms. The zero-order chi connectivity index (χ0) is 9.14. The fraction of sp³-hybridized carbons (Fsp3) is 0.429. The van der Waals surface area contributed by atoms with Gasteiger partial charge in [-0.1, -0.05) is 6.92 Å². The molecular weight excluding hydrogens is 182 g/mol. The fourth-order valence-corrected chi connectivity index (χ4v) is 0.807. The van der Waals surface area contributed by atoms with Crippen molar-refractivity contribution >= 4 is 17.6 Å². The quantitative estimate of drug-likeness (QED) is 0.740. The molecule has 5 heteroatoms. The van der Waals surface area contributed by atoms with E-state index in [2.05, 4.69) is 4.98 Å². The molecule has 1 aromatic rings. The molecule has 1 heterocycles. The molecule has 0 bridgehead atoms. The maximum Gasteiger partial charge on any atom is 0.373 e. The van der Waals surface area contributed by atoms with Crippen LogP contribution in [0.5, 0.6) is 0 Å². The van der Waals surface area contributed by atoms with Crippen molar-refractivity contribution in [2.45, 2.75) is 18.7 Å². The molecular formula is C7H8ClNO3. The number of aromatic nitrogens is 1. The number of hydrogen-bond acceptors (Lipinski definition) is 3. The lowest BCUT2D eigenvalue weighted by atomic mass is 10.3. The van der Waals surface area contributed by atoms with Crippen molar-refractivity contribution < 1.29 is 14.3 Å². The standard InChI is InChI=1S/C7H8ClNO3/c1-2-4(8)6-9-3-5(12-6)7(10)11/h3-4H,2H2,1H3,(H,10,11). The van der Waals surface area contributed by atoms with E-state index in [0.717, 1.165) is 6.20 Å². The van der Waals surface area contributed by atoms with E-state index in [1.54, 1.807) is 0 Å². The maximum absolute atomic E-state index is 10.3. The summed E-state index contributed by atoms with van der Waals surface area (Å²) in [6.07, 6.45) is 1.81. The van der Waals surface area contributed by atoms with Crippen LogP contribution in [0.1, 0.15) is 35.2 Å². The number of carboxylic acid groups (broad SMARTS) is 1. The van der Waals surface area contributed by atoms with E-state index in [4.69, 9.17) is 21.1 Å². The third kappa shape index (κ3) is 1.76. The molecule has 1 N–H and O–H groups in total. The Balaban J connectivity index is 2.84. The van der Waals surface area contributed by atoms with Crippen LogP contribution in [-0.4, -0.2) is 16.1 Å². The van der Waals surface area contributed by atoms with Gasteiger partial charge in [0.1, 0.15) is 5.38 Å². The fourth-order valence-electron chi connectivity index (χ4n) is 0.706. The highest BCUT2D eigenvalue weighted by Crippen LogP contribution is 2.22. The maximum atomic E-state index is 10.3. The van der Waals surface area contributed by atoms with E-state index < -0.39 is 5.97 Å². The number of aromatic carboxylic acids is 1. The second-order valence-corrected chi connectivity index (χ2v) is 2.77. The van der Waals surface area contributed by atoms with Crippen molar-refractivity contribution in [3.05, 3.63) is 17.8 Å². The number of halogens is 1. The molecule has 0 radical (unpaired) electrons. The molecule has 1 aromatic heterocycles. The van der Waals surface area contributed by atoms with Crippen LogP contribution < -0.4 is 0 Å². The molecule has 0 saturated carbocycles. The number of carboxylic acids is 1. The van der Waals surface area contributed by atoms with Crippen LogP contribution in [0, 0.1) is 0 Å². The van der Waals surface area contributed by atoms with Gasteiger partial charge in [-0.25, -0.2) is 9.78 Å². The van der Waals surface area contributed by atoms with Gasteiger partial charge >= 0.3 is 5.97 Å². The molecule has 1 atom stereocenters. The molecule has 1 unspecified atom stereocenters. The minimum atomic E-state index is -1.13. The molecule has 0 aliphatic rings. The van der Waals surface area contributed by atoms with Gasteiger partial charge in [-0.15, -0.1) is 11.6 Å². The summed E-state index contributed by atoms with van der Waals surface area (Å²) in [7, 11) is 0. The SMILES string of the molecule is CCC(Cl)c1ncc(C(=O)O)o1. The summed E-state index contributed by atoms with van der Waals surface area (Å²) in [6.45, 7) is 1.86. The van der Waals surface area contributed by atoms with Gasteiger partial charge in [-0.05, 0) is 6.42 Å². The molecule has 0 aliphatic carbocycles. The van der Waals surface area contributed by atoms with Crippen LogP contribution in [0.25, 0.3) is 0 Å². The van der Waals surface area contributed by atoms with Gasteiger partial charge in [0, 0.05) is 0 Å². The Morgan fingerprint density at radius 3 is 3.00 bits per heavy atom. The predicted octanol–water partition coefficient (Wildman–Crippen LogP) is 2.06. The Labute approximate surface area is 74.2 Å². The van der Waals surface area contributed by atoms with Crippen molar-refractivity contribution in [3.63, 3.8) is 0 Å². The Kier molecular flexibility index (Phi) is 2.70. The van der Waals surface area contributed by atoms with E-state index in [1.165, 1.54) is 0 Å². The third-order valence-corrected chi connectivity index (χ3v) is 1.86. The first-order valence-corrected chi connectivity index (χ1v) is 3.92. The van der Waals surface area contributed by atoms with Gasteiger partial charge in [0.05, 0.1) is 6.20 Å². The molecule has 0 saturated heterocycles. The Morgan fingerprint density at radius 1 is 1.92 bits per heavy atom. The van der Waals surface area contributed by atoms with Crippen molar-refractivity contribution in [3.8, 4) is 0 Å². The first-order chi connectivity index (χ1) is 5.65. The lowest BCUT2D eigenvalue weighted by Gasteiger charge is -1.97. The largest absolute Gasteiger partial charge is 0.475 e. The molecule has 1 rings (SSSR count). The Bertz CT molecular complexity index is 284. The molecule has 0 fully saturated rings. The summed E-state index contributed by atoms with van der Waals surface area (Å²) >= 11 is 5.76. The van der Waals surface area contributed by atoms with E-state index in [9.17, 15) is 4.79 Å². The molecule has 0 spiro atoms. The van der Waals surface area contributed by atoms with Crippen molar-refractivity contribution in [1.29, 1.82) is 0 Å². The van der Waals surface area contributed by atoms with Crippen LogP contribution in [0.4, 0.5) is 0 Å². The Hall–Kier alpha value is -1.03. The number of nitrogens with zero attached hydrogens (tertiary/aromatic N) is 1. The van der Waals surface area contributed by atoms with E-state index >= 15 is 0 Å². The molecule has 0 amide bonds. The van der Waals surface area contributed by atoms with Gasteiger partial charge in [0.2, 0.25) is 11.7 Å². The van der Waals surface area contributed by atoms with E-state index in [1.807, 2.05) is 6.92 Å². The second-order valence-electron chi connectivity index (χ2n) is 2.24. The topological polar surface area (TPSA) is 63.3 Å². The minimum Gasteiger partial charge on any atom is -0.475 e. The Morgan fingerprint density at radius 2 is 2.58 bits per heavy atom. The van der Waals surface area contributed by atoms with Crippen LogP contribution in [0.2, 0.25) is 0 Å². The smallest absolute Gasteiger partial charge is 0.373 e. The number of rotatable bonds is 3. The highest BCUT2D eigenvalue weighted by atomic mass is 35.5. The van der Waals surface area contributed by atoms with Crippen LogP contribution >= 0.6 is 11.6 Å². The van der Waals surface area contributed by atoms with Crippen LogP contribution in [-0.2, 0) is 0 Å². The molecule has 0 aromatic carbocycles. The molecule has 66 valence electrons. The van der Waals surface area contributed by atoms with Gasteiger partial charge in [-0.3, -0.25) is 0 Å². The number of alkyl halides is 1. The highest BCUT2D eigenvalue weighted by Gasteiger charge is 2.15. The lowest BCUT2D eigenvalue weighted by molar-refractivity contribution is 0.0660. The van der Waals surface area contributed by atoms with E-state index in [-0.39, 0.29) is 17.0 Å². The minimum absolute atomic E-state index is 0.177. The zero-order valence-electron chi connectivity index (χ0n) is 6.45. The first-order valence-electron chi connectivity index (χ1n) is 3.48. The lowest BCUT2D eigenvalue weighted by Crippen LogP contribution is -1.92. The molecule has 0 aliphatic heterocycles. The average molecular weight is 190 g/mol. The molecule has 4 nitrogen and oxygen atoms in total. The van der Waals surface area contributed by atoms with Gasteiger partial charge in [0.15, 0.2) is 0 Å². The highest BCUT2D eigenvalue weighted by molar-refractivity contribution is 6.20. The van der Waals surface area contributed by atoms with Gasteiger partial charge in [0.25, 0.3) is 0 Å². The number of carbonyl (C=O) groups is 1. The van der Waals surface area contributed by atoms with Gasteiger partial charge in [-0.2, -0.15) is 0 Å². The first kappa shape index (κ1) is 9.06. The van der Waals surface area contributed by atoms with Crippen LogP contribution in [0.3, 0.4) is 0 Å². The predicted molar refractivity (Wildman–Crippen MR) is 42.3 cm³/mol. The normalized spacial score (nSPS) is 12.8. The van der Waals surface area contributed by atoms with Crippen LogP contribution in [0.15, 0.2) is 10.6 Å². The van der Waals surface area contributed by atoms with Crippen molar-refractivity contribution in [2.24, 2.45) is 0 Å². The average Bonchev–Trinajstić information content (AvgIpc) is 2.51.